The van der Waals surface area contributed by atoms with Crippen LogP contribution in [0.2, 0.25) is 5.02 Å². The fourth-order valence-corrected chi connectivity index (χ4v) is 2.17. The molecule has 0 aliphatic heterocycles. The van der Waals surface area contributed by atoms with Gasteiger partial charge in [-0.25, -0.2) is 4.79 Å². The third-order valence-corrected chi connectivity index (χ3v) is 3.49. The highest BCUT2D eigenvalue weighted by atomic mass is 35.5. The average Bonchev–Trinajstić information content (AvgIpc) is 2.53. The van der Waals surface area contributed by atoms with E-state index in [-0.39, 0.29) is 6.03 Å². The first-order valence-electron chi connectivity index (χ1n) is 7.14. The first kappa shape index (κ1) is 16.3. The maximum absolute atomic E-state index is 12.0. The van der Waals surface area contributed by atoms with E-state index >= 15 is 0 Å². The summed E-state index contributed by atoms with van der Waals surface area (Å²) in [5, 5.41) is 6.27. The highest BCUT2D eigenvalue weighted by Gasteiger charge is 2.07. The predicted molar refractivity (Wildman–Crippen MR) is 89.1 cm³/mol. The lowest BCUT2D eigenvalue weighted by molar-refractivity contribution is 0.134. The molecule has 0 aliphatic rings. The van der Waals surface area contributed by atoms with Gasteiger partial charge in [-0.2, -0.15) is 0 Å². The van der Waals surface area contributed by atoms with Gasteiger partial charge in [0.25, 0.3) is 0 Å². The smallest absolute Gasteiger partial charge is 0.319 e. The Morgan fingerprint density at radius 2 is 1.77 bits per heavy atom. The molecule has 0 aliphatic carbocycles. The van der Waals surface area contributed by atoms with Crippen LogP contribution >= 0.6 is 11.6 Å². The van der Waals surface area contributed by atoms with Gasteiger partial charge in [0.15, 0.2) is 0 Å². The minimum absolute atomic E-state index is 0.274. The van der Waals surface area contributed by atoms with Gasteiger partial charge >= 0.3 is 6.03 Å². The number of carbonyl (C=O) groups excluding carboxylic acids is 1. The van der Waals surface area contributed by atoms with E-state index in [1.807, 2.05) is 49.4 Å². The fourth-order valence-electron chi connectivity index (χ4n) is 1.96. The number of amides is 2. The molecule has 2 amide bonds. The number of anilines is 1. The number of ether oxygens (including phenoxy) is 1. The third kappa shape index (κ3) is 4.76. The molecule has 0 saturated heterocycles. The summed E-state index contributed by atoms with van der Waals surface area (Å²) in [5.74, 6) is 0. The van der Waals surface area contributed by atoms with Crippen molar-refractivity contribution in [2.24, 2.45) is 0 Å². The van der Waals surface area contributed by atoms with E-state index in [2.05, 4.69) is 10.6 Å². The number of urea groups is 1. The van der Waals surface area contributed by atoms with Gasteiger partial charge in [0, 0.05) is 29.4 Å². The molecular formula is C17H19ClN2O2. The molecule has 0 heterocycles. The van der Waals surface area contributed by atoms with Gasteiger partial charge in [0.05, 0.1) is 6.61 Å². The summed E-state index contributed by atoms with van der Waals surface area (Å²) in [4.78, 5) is 12.0. The summed E-state index contributed by atoms with van der Waals surface area (Å²) < 4.78 is 5.40. The third-order valence-electron chi connectivity index (χ3n) is 3.12. The molecule has 2 N–H and O–H groups in total. The van der Waals surface area contributed by atoms with Crippen molar-refractivity contribution in [3.05, 3.63) is 64.7 Å². The lowest BCUT2D eigenvalue weighted by atomic mass is 10.2. The molecule has 0 fully saturated rings. The monoisotopic (exact) mass is 318 g/mol. The molecule has 0 unspecified atom stereocenters. The van der Waals surface area contributed by atoms with Crippen LogP contribution in [0.1, 0.15) is 18.1 Å². The highest BCUT2D eigenvalue weighted by Crippen LogP contribution is 2.17. The minimum Gasteiger partial charge on any atom is -0.377 e. The zero-order chi connectivity index (χ0) is 15.8. The Morgan fingerprint density at radius 3 is 2.50 bits per heavy atom. The van der Waals surface area contributed by atoms with Gasteiger partial charge < -0.3 is 15.4 Å². The molecule has 5 heteroatoms. The minimum atomic E-state index is -0.274. The van der Waals surface area contributed by atoms with Gasteiger partial charge in [0.1, 0.15) is 0 Å². The summed E-state index contributed by atoms with van der Waals surface area (Å²) in [6.07, 6.45) is 0. The van der Waals surface area contributed by atoms with Gasteiger partial charge in [-0.3, -0.25) is 0 Å². The van der Waals surface area contributed by atoms with E-state index in [4.69, 9.17) is 16.3 Å². The number of benzene rings is 2. The molecule has 0 saturated carbocycles. The number of para-hydroxylation sites is 1. The fraction of sp³-hybridized carbons (Fsp3) is 0.235. The van der Waals surface area contributed by atoms with E-state index in [1.165, 1.54) is 0 Å². The normalized spacial score (nSPS) is 10.3. The molecule has 2 aromatic rings. The Kier molecular flexibility index (Phi) is 6.25. The zero-order valence-corrected chi connectivity index (χ0v) is 13.2. The van der Waals surface area contributed by atoms with Crippen LogP contribution in [-0.2, 0) is 17.9 Å². The van der Waals surface area contributed by atoms with Crippen molar-refractivity contribution in [2.45, 2.75) is 20.1 Å². The Bertz CT molecular complexity index is 632. The number of hydrogen-bond acceptors (Lipinski definition) is 2. The highest BCUT2D eigenvalue weighted by molar-refractivity contribution is 6.31. The molecule has 0 bridgehead atoms. The van der Waals surface area contributed by atoms with Crippen molar-refractivity contribution < 1.29 is 9.53 Å². The van der Waals surface area contributed by atoms with Crippen LogP contribution in [0.25, 0.3) is 0 Å². The maximum atomic E-state index is 12.0. The molecule has 2 rings (SSSR count). The Hall–Kier alpha value is -2.04. The zero-order valence-electron chi connectivity index (χ0n) is 12.4. The lowest BCUT2D eigenvalue weighted by Crippen LogP contribution is -2.28. The summed E-state index contributed by atoms with van der Waals surface area (Å²) in [6, 6.07) is 14.7. The molecule has 22 heavy (non-hydrogen) atoms. The largest absolute Gasteiger partial charge is 0.377 e. The Balaban J connectivity index is 1.93. The van der Waals surface area contributed by atoms with Crippen LogP contribution < -0.4 is 10.6 Å². The van der Waals surface area contributed by atoms with Gasteiger partial charge in [-0.15, -0.1) is 0 Å². The average molecular weight is 319 g/mol. The Morgan fingerprint density at radius 1 is 1.09 bits per heavy atom. The van der Waals surface area contributed by atoms with Gasteiger partial charge in [-0.05, 0) is 24.6 Å². The van der Waals surface area contributed by atoms with Crippen LogP contribution in [-0.4, -0.2) is 12.6 Å². The van der Waals surface area contributed by atoms with Crippen molar-refractivity contribution in [3.63, 3.8) is 0 Å². The molecule has 116 valence electrons. The molecule has 0 aromatic heterocycles. The standard InChI is InChI=1S/C17H19ClN2O2/c1-2-22-12-14-8-4-6-10-16(14)20-17(21)19-11-13-7-3-5-9-15(13)18/h3-10H,2,11-12H2,1H3,(H2,19,20,21). The predicted octanol–water partition coefficient (Wildman–Crippen LogP) is 4.20. The van der Waals surface area contributed by atoms with Gasteiger partial charge in [0.2, 0.25) is 0 Å². The second-order valence-corrected chi connectivity index (χ2v) is 5.10. The van der Waals surface area contributed by atoms with E-state index in [0.29, 0.717) is 24.8 Å². The summed E-state index contributed by atoms with van der Waals surface area (Å²) in [7, 11) is 0. The van der Waals surface area contributed by atoms with Crippen LogP contribution in [0.5, 0.6) is 0 Å². The molecular weight excluding hydrogens is 300 g/mol. The number of hydrogen-bond donors (Lipinski definition) is 2. The summed E-state index contributed by atoms with van der Waals surface area (Å²) >= 11 is 6.06. The molecule has 0 atom stereocenters. The van der Waals surface area contributed by atoms with Crippen molar-refractivity contribution >= 4 is 23.3 Å². The van der Waals surface area contributed by atoms with Crippen molar-refractivity contribution in [3.8, 4) is 0 Å². The number of carbonyl (C=O) groups is 1. The molecule has 0 radical (unpaired) electrons. The Labute approximate surface area is 135 Å². The first-order chi connectivity index (χ1) is 10.7. The molecule has 0 spiro atoms. The number of halogens is 1. The van der Waals surface area contributed by atoms with E-state index in [1.54, 1.807) is 6.07 Å². The summed E-state index contributed by atoms with van der Waals surface area (Å²) in [6.45, 7) is 3.41. The van der Waals surface area contributed by atoms with Crippen molar-refractivity contribution in [1.82, 2.24) is 5.32 Å². The van der Waals surface area contributed by atoms with Crippen LogP contribution in [0.15, 0.2) is 48.5 Å². The van der Waals surface area contributed by atoms with E-state index < -0.39 is 0 Å². The topological polar surface area (TPSA) is 50.4 Å². The number of nitrogens with one attached hydrogen (secondary N) is 2. The van der Waals surface area contributed by atoms with Crippen molar-refractivity contribution in [1.29, 1.82) is 0 Å². The SMILES string of the molecule is CCOCc1ccccc1NC(=O)NCc1ccccc1Cl. The molecule has 4 nitrogen and oxygen atoms in total. The first-order valence-corrected chi connectivity index (χ1v) is 7.52. The second-order valence-electron chi connectivity index (χ2n) is 4.69. The van der Waals surface area contributed by atoms with Crippen molar-refractivity contribution in [2.75, 3.05) is 11.9 Å². The van der Waals surface area contributed by atoms with Crippen LogP contribution in [0.4, 0.5) is 10.5 Å². The van der Waals surface area contributed by atoms with E-state index in [9.17, 15) is 4.79 Å². The lowest BCUT2D eigenvalue weighted by Gasteiger charge is -2.12. The number of rotatable bonds is 6. The van der Waals surface area contributed by atoms with Crippen LogP contribution in [0.3, 0.4) is 0 Å². The quantitative estimate of drug-likeness (QED) is 0.838. The van der Waals surface area contributed by atoms with Gasteiger partial charge in [-0.1, -0.05) is 48.0 Å². The summed E-state index contributed by atoms with van der Waals surface area (Å²) in [5.41, 5.74) is 2.56. The second kappa shape index (κ2) is 8.41. The van der Waals surface area contributed by atoms with E-state index in [0.717, 1.165) is 16.8 Å². The molecule has 2 aromatic carbocycles. The van der Waals surface area contributed by atoms with Crippen LogP contribution in [0, 0.1) is 0 Å². The maximum Gasteiger partial charge on any atom is 0.319 e.